The zero-order valence-corrected chi connectivity index (χ0v) is 15.2. The first kappa shape index (κ1) is 19.6. The van der Waals surface area contributed by atoms with Gasteiger partial charge in [-0.1, -0.05) is 29.3 Å². The number of halogens is 2. The van der Waals surface area contributed by atoms with Gasteiger partial charge in [-0.3, -0.25) is 4.79 Å². The lowest BCUT2D eigenvalue weighted by Crippen LogP contribution is -2.31. The number of nitrogens with zero attached hydrogens (tertiary/aromatic N) is 1. The van der Waals surface area contributed by atoms with E-state index in [1.54, 1.807) is 24.3 Å². The summed E-state index contributed by atoms with van der Waals surface area (Å²) in [7, 11) is 0. The molecule has 0 spiro atoms. The van der Waals surface area contributed by atoms with Gasteiger partial charge >= 0.3 is 5.97 Å². The molecule has 1 atom stereocenters. The lowest BCUT2D eigenvalue weighted by Gasteiger charge is -2.14. The summed E-state index contributed by atoms with van der Waals surface area (Å²) < 4.78 is 10.3. The molecule has 0 aliphatic heterocycles. The molecule has 0 aromatic heterocycles. The van der Waals surface area contributed by atoms with Crippen molar-refractivity contribution in [2.24, 2.45) is 0 Å². The standard InChI is InChI=1S/C18H14Cl2N2O4/c1-11(18(24)22-14-6-5-12(9-21)16(20)8-14)26-17(23)10-25-15-4-2-3-13(19)7-15/h2-8,11H,10H2,1H3,(H,22,24). The molecule has 26 heavy (non-hydrogen) atoms. The van der Waals surface area contributed by atoms with E-state index < -0.39 is 18.0 Å². The van der Waals surface area contributed by atoms with Gasteiger partial charge in [-0.25, -0.2) is 4.79 Å². The third-order valence-electron chi connectivity index (χ3n) is 3.19. The summed E-state index contributed by atoms with van der Waals surface area (Å²) in [4.78, 5) is 23.9. The Morgan fingerprint density at radius 3 is 2.65 bits per heavy atom. The number of amides is 1. The number of rotatable bonds is 6. The fourth-order valence-corrected chi connectivity index (χ4v) is 2.31. The predicted octanol–water partition coefficient (Wildman–Crippen LogP) is 3.81. The summed E-state index contributed by atoms with van der Waals surface area (Å²) in [6.07, 6.45) is -1.04. The van der Waals surface area contributed by atoms with E-state index >= 15 is 0 Å². The molecule has 0 heterocycles. The van der Waals surface area contributed by atoms with Crippen LogP contribution in [0.5, 0.6) is 5.75 Å². The van der Waals surface area contributed by atoms with Gasteiger partial charge in [0.1, 0.15) is 11.8 Å². The van der Waals surface area contributed by atoms with Crippen LogP contribution < -0.4 is 10.1 Å². The first-order valence-electron chi connectivity index (χ1n) is 7.47. The number of hydrogen-bond acceptors (Lipinski definition) is 5. The lowest BCUT2D eigenvalue weighted by molar-refractivity contribution is -0.155. The van der Waals surface area contributed by atoms with Crippen molar-refractivity contribution in [3.63, 3.8) is 0 Å². The molecule has 1 amide bonds. The van der Waals surface area contributed by atoms with Crippen LogP contribution in [0.15, 0.2) is 42.5 Å². The highest BCUT2D eigenvalue weighted by Crippen LogP contribution is 2.20. The van der Waals surface area contributed by atoms with E-state index in [2.05, 4.69) is 5.32 Å². The molecule has 134 valence electrons. The van der Waals surface area contributed by atoms with Crippen LogP contribution in [0.3, 0.4) is 0 Å². The van der Waals surface area contributed by atoms with E-state index in [0.29, 0.717) is 22.0 Å². The Hall–Kier alpha value is -2.75. The maximum Gasteiger partial charge on any atom is 0.344 e. The van der Waals surface area contributed by atoms with Crippen LogP contribution in [0.2, 0.25) is 10.0 Å². The van der Waals surface area contributed by atoms with Gasteiger partial charge in [-0.15, -0.1) is 0 Å². The first-order valence-corrected chi connectivity index (χ1v) is 8.23. The number of benzene rings is 2. The topological polar surface area (TPSA) is 88.4 Å². The van der Waals surface area contributed by atoms with Gasteiger partial charge in [0.05, 0.1) is 10.6 Å². The number of carbonyl (C=O) groups excluding carboxylic acids is 2. The Kier molecular flexibility index (Phi) is 6.84. The number of nitriles is 1. The van der Waals surface area contributed by atoms with Crippen molar-refractivity contribution in [3.8, 4) is 11.8 Å². The number of hydrogen-bond donors (Lipinski definition) is 1. The summed E-state index contributed by atoms with van der Waals surface area (Å²) in [5.41, 5.74) is 0.680. The molecule has 8 heteroatoms. The van der Waals surface area contributed by atoms with Gasteiger partial charge < -0.3 is 14.8 Å². The molecule has 2 aromatic carbocycles. The van der Waals surface area contributed by atoms with Crippen LogP contribution in [-0.2, 0) is 14.3 Å². The fourth-order valence-electron chi connectivity index (χ4n) is 1.91. The van der Waals surface area contributed by atoms with E-state index in [1.807, 2.05) is 6.07 Å². The Labute approximate surface area is 160 Å². The van der Waals surface area contributed by atoms with E-state index in [4.69, 9.17) is 37.9 Å². The molecule has 0 bridgehead atoms. The van der Waals surface area contributed by atoms with Crippen LogP contribution >= 0.6 is 23.2 Å². The summed E-state index contributed by atoms with van der Waals surface area (Å²) in [6, 6.07) is 12.9. The average molecular weight is 393 g/mol. The zero-order valence-electron chi connectivity index (χ0n) is 13.7. The van der Waals surface area contributed by atoms with E-state index in [9.17, 15) is 9.59 Å². The number of ether oxygens (including phenoxy) is 2. The Morgan fingerprint density at radius 2 is 2.00 bits per heavy atom. The lowest BCUT2D eigenvalue weighted by atomic mass is 10.2. The summed E-state index contributed by atoms with van der Waals surface area (Å²) in [6.45, 7) is 1.07. The second kappa shape index (κ2) is 9.09. The van der Waals surface area contributed by atoms with Crippen LogP contribution in [0.1, 0.15) is 12.5 Å². The van der Waals surface area contributed by atoms with Crippen molar-refractivity contribution < 1.29 is 19.1 Å². The molecule has 0 aliphatic rings. The summed E-state index contributed by atoms with van der Waals surface area (Å²) in [5, 5.41) is 12.1. The minimum Gasteiger partial charge on any atom is -0.482 e. The number of carbonyl (C=O) groups is 2. The fraction of sp³-hybridized carbons (Fsp3) is 0.167. The summed E-state index contributed by atoms with van der Waals surface area (Å²) in [5.74, 6) is -0.828. The van der Waals surface area contributed by atoms with Crippen LogP contribution in [0, 0.1) is 11.3 Å². The molecule has 0 saturated carbocycles. The van der Waals surface area contributed by atoms with Crippen LogP contribution in [0.4, 0.5) is 5.69 Å². The van der Waals surface area contributed by atoms with Crippen molar-refractivity contribution in [3.05, 3.63) is 58.1 Å². The van der Waals surface area contributed by atoms with Gasteiger partial charge in [-0.05, 0) is 43.3 Å². The largest absolute Gasteiger partial charge is 0.482 e. The molecule has 0 saturated heterocycles. The summed E-state index contributed by atoms with van der Waals surface area (Å²) >= 11 is 11.7. The molecular weight excluding hydrogens is 379 g/mol. The first-order chi connectivity index (χ1) is 12.4. The SMILES string of the molecule is CC(OC(=O)COc1cccc(Cl)c1)C(=O)Nc1ccc(C#N)c(Cl)c1. The maximum absolute atomic E-state index is 12.1. The predicted molar refractivity (Wildman–Crippen MR) is 97.3 cm³/mol. The third kappa shape index (κ3) is 5.66. The highest BCUT2D eigenvalue weighted by molar-refractivity contribution is 6.32. The van der Waals surface area contributed by atoms with Gasteiger partial charge in [0.2, 0.25) is 0 Å². The minimum atomic E-state index is -1.04. The highest BCUT2D eigenvalue weighted by Gasteiger charge is 2.18. The molecule has 2 rings (SSSR count). The van der Waals surface area contributed by atoms with Crippen molar-refractivity contribution in [2.45, 2.75) is 13.0 Å². The maximum atomic E-state index is 12.1. The van der Waals surface area contributed by atoms with Crippen LogP contribution in [-0.4, -0.2) is 24.6 Å². The Bertz CT molecular complexity index is 865. The molecule has 0 fully saturated rings. The van der Waals surface area contributed by atoms with Crippen molar-refractivity contribution >= 4 is 40.8 Å². The van der Waals surface area contributed by atoms with Crippen molar-refractivity contribution in [2.75, 3.05) is 11.9 Å². The second-order valence-corrected chi connectivity index (χ2v) is 6.02. The number of esters is 1. The molecule has 1 unspecified atom stereocenters. The van der Waals surface area contributed by atoms with Crippen LogP contribution in [0.25, 0.3) is 0 Å². The minimum absolute atomic E-state index is 0.213. The molecule has 0 aliphatic carbocycles. The van der Waals surface area contributed by atoms with E-state index in [-0.39, 0.29) is 11.6 Å². The molecule has 2 aromatic rings. The normalized spacial score (nSPS) is 11.2. The highest BCUT2D eigenvalue weighted by atomic mass is 35.5. The molecule has 1 N–H and O–H groups in total. The smallest absolute Gasteiger partial charge is 0.344 e. The number of anilines is 1. The van der Waals surface area contributed by atoms with Gasteiger partial charge in [0, 0.05) is 10.7 Å². The van der Waals surface area contributed by atoms with Crippen molar-refractivity contribution in [1.82, 2.24) is 0 Å². The van der Waals surface area contributed by atoms with Gasteiger partial charge in [0.25, 0.3) is 5.91 Å². The Morgan fingerprint density at radius 1 is 1.23 bits per heavy atom. The molecular formula is C18H14Cl2N2O4. The quantitative estimate of drug-likeness (QED) is 0.754. The van der Waals surface area contributed by atoms with E-state index in [1.165, 1.54) is 25.1 Å². The average Bonchev–Trinajstić information content (AvgIpc) is 2.60. The van der Waals surface area contributed by atoms with Gasteiger partial charge in [0.15, 0.2) is 12.7 Å². The number of nitrogens with one attached hydrogen (secondary N) is 1. The Balaban J connectivity index is 1.85. The molecule has 6 nitrogen and oxygen atoms in total. The molecule has 0 radical (unpaired) electrons. The van der Waals surface area contributed by atoms with E-state index in [0.717, 1.165) is 0 Å². The second-order valence-electron chi connectivity index (χ2n) is 5.17. The van der Waals surface area contributed by atoms with Gasteiger partial charge in [-0.2, -0.15) is 5.26 Å². The zero-order chi connectivity index (χ0) is 19.1. The monoisotopic (exact) mass is 392 g/mol. The third-order valence-corrected chi connectivity index (χ3v) is 3.74. The van der Waals surface area contributed by atoms with Crippen molar-refractivity contribution in [1.29, 1.82) is 5.26 Å².